The summed E-state index contributed by atoms with van der Waals surface area (Å²) in [4.78, 5) is 24.1. The second-order valence-electron chi connectivity index (χ2n) is 5.92. The normalized spacial score (nSPS) is 10.8. The van der Waals surface area contributed by atoms with E-state index in [4.69, 9.17) is 0 Å². The molecule has 0 fully saturated rings. The maximum atomic E-state index is 13.2. The van der Waals surface area contributed by atoms with Crippen LogP contribution in [0, 0.1) is 12.7 Å². The molecule has 0 aliphatic heterocycles. The molecule has 26 heavy (non-hydrogen) atoms. The highest BCUT2D eigenvalue weighted by atomic mass is 19.1. The molecule has 0 bridgehead atoms. The Hall–Kier alpha value is -3.54. The first kappa shape index (κ1) is 16.0. The van der Waals surface area contributed by atoms with Gasteiger partial charge in [-0.25, -0.2) is 9.37 Å². The van der Waals surface area contributed by atoms with Crippen LogP contribution in [0.2, 0.25) is 0 Å². The number of hydrogen-bond donors (Lipinski definition) is 2. The highest BCUT2D eigenvalue weighted by Gasteiger charge is 2.12. The quantitative estimate of drug-likeness (QED) is 0.584. The van der Waals surface area contributed by atoms with Gasteiger partial charge in [-0.05, 0) is 47.9 Å². The SMILES string of the molecule is Cc1ccccc1Nc1nc2nccc(-c3ccc(F)cc3)c2c(=O)[nH]1. The van der Waals surface area contributed by atoms with E-state index >= 15 is 0 Å². The van der Waals surface area contributed by atoms with Crippen molar-refractivity contribution in [2.75, 3.05) is 5.32 Å². The minimum absolute atomic E-state index is 0.307. The van der Waals surface area contributed by atoms with Crippen LogP contribution in [-0.4, -0.2) is 15.0 Å². The van der Waals surface area contributed by atoms with Crippen LogP contribution in [0.15, 0.2) is 65.6 Å². The van der Waals surface area contributed by atoms with Crippen molar-refractivity contribution in [3.63, 3.8) is 0 Å². The number of fused-ring (bicyclic) bond motifs is 1. The molecular weight excluding hydrogens is 331 g/mol. The van der Waals surface area contributed by atoms with E-state index in [0.29, 0.717) is 22.5 Å². The van der Waals surface area contributed by atoms with Gasteiger partial charge in [-0.1, -0.05) is 30.3 Å². The summed E-state index contributed by atoms with van der Waals surface area (Å²) in [5, 5.41) is 3.49. The predicted molar refractivity (Wildman–Crippen MR) is 100 cm³/mol. The summed E-state index contributed by atoms with van der Waals surface area (Å²) in [6.45, 7) is 1.96. The van der Waals surface area contributed by atoms with Gasteiger partial charge in [0, 0.05) is 11.9 Å². The van der Waals surface area contributed by atoms with Crippen LogP contribution in [0.25, 0.3) is 22.2 Å². The zero-order valence-corrected chi connectivity index (χ0v) is 14.0. The van der Waals surface area contributed by atoms with Crippen LogP contribution in [0.5, 0.6) is 0 Å². The van der Waals surface area contributed by atoms with E-state index in [1.807, 2.05) is 31.2 Å². The summed E-state index contributed by atoms with van der Waals surface area (Å²) >= 11 is 0. The lowest BCUT2D eigenvalue weighted by Crippen LogP contribution is -2.13. The lowest BCUT2D eigenvalue weighted by atomic mass is 10.0. The Balaban J connectivity index is 1.83. The zero-order valence-electron chi connectivity index (χ0n) is 14.0. The van der Waals surface area contributed by atoms with Gasteiger partial charge in [-0.2, -0.15) is 4.98 Å². The van der Waals surface area contributed by atoms with Crippen LogP contribution in [0.4, 0.5) is 16.0 Å². The average molecular weight is 346 g/mol. The van der Waals surface area contributed by atoms with Gasteiger partial charge in [-0.15, -0.1) is 0 Å². The second kappa shape index (κ2) is 6.40. The Bertz CT molecular complexity index is 1150. The molecule has 2 aromatic heterocycles. The fourth-order valence-corrected chi connectivity index (χ4v) is 2.83. The molecular formula is C20H15FN4O. The Kier molecular flexibility index (Phi) is 3.93. The molecule has 0 atom stereocenters. The van der Waals surface area contributed by atoms with Crippen LogP contribution in [0.1, 0.15) is 5.56 Å². The number of aromatic amines is 1. The summed E-state index contributed by atoms with van der Waals surface area (Å²) in [5.74, 6) is -0.00980. The van der Waals surface area contributed by atoms with E-state index < -0.39 is 0 Å². The van der Waals surface area contributed by atoms with E-state index in [9.17, 15) is 9.18 Å². The third-order valence-corrected chi connectivity index (χ3v) is 4.16. The molecule has 0 spiro atoms. The molecule has 4 aromatic rings. The number of aromatic nitrogens is 3. The van der Waals surface area contributed by atoms with Gasteiger partial charge < -0.3 is 5.32 Å². The summed E-state index contributed by atoms with van der Waals surface area (Å²) in [5.41, 5.74) is 3.29. The first-order valence-electron chi connectivity index (χ1n) is 8.09. The summed E-state index contributed by atoms with van der Waals surface area (Å²) in [7, 11) is 0. The molecule has 0 radical (unpaired) electrons. The van der Waals surface area contributed by atoms with Crippen molar-refractivity contribution in [2.24, 2.45) is 0 Å². The largest absolute Gasteiger partial charge is 0.325 e. The van der Waals surface area contributed by atoms with Crippen molar-refractivity contribution in [3.8, 4) is 11.1 Å². The van der Waals surface area contributed by atoms with E-state index in [0.717, 1.165) is 16.8 Å². The van der Waals surface area contributed by atoms with Crippen LogP contribution >= 0.6 is 0 Å². The molecule has 128 valence electrons. The van der Waals surface area contributed by atoms with Crippen molar-refractivity contribution >= 4 is 22.7 Å². The van der Waals surface area contributed by atoms with E-state index in [1.54, 1.807) is 24.4 Å². The molecule has 4 rings (SSSR count). The molecule has 0 saturated carbocycles. The Labute approximate surface area is 148 Å². The Morgan fingerprint density at radius 2 is 1.81 bits per heavy atom. The summed E-state index contributed by atoms with van der Waals surface area (Å²) in [6, 6.07) is 15.4. The minimum Gasteiger partial charge on any atom is -0.325 e. The highest BCUT2D eigenvalue weighted by molar-refractivity contribution is 5.92. The maximum absolute atomic E-state index is 13.2. The molecule has 2 N–H and O–H groups in total. The van der Waals surface area contributed by atoms with Crippen LogP contribution in [-0.2, 0) is 0 Å². The average Bonchev–Trinajstić information content (AvgIpc) is 2.64. The fraction of sp³-hybridized carbons (Fsp3) is 0.0500. The number of para-hydroxylation sites is 1. The number of rotatable bonds is 3. The van der Waals surface area contributed by atoms with Crippen molar-refractivity contribution in [1.29, 1.82) is 0 Å². The molecule has 2 heterocycles. The molecule has 0 unspecified atom stereocenters. The predicted octanol–water partition coefficient (Wildman–Crippen LogP) is 4.18. The first-order chi connectivity index (χ1) is 12.6. The minimum atomic E-state index is -0.330. The number of halogens is 1. The molecule has 0 amide bonds. The third kappa shape index (κ3) is 2.93. The van der Waals surface area contributed by atoms with Crippen molar-refractivity contribution in [2.45, 2.75) is 6.92 Å². The highest BCUT2D eigenvalue weighted by Crippen LogP contribution is 2.25. The topological polar surface area (TPSA) is 70.7 Å². The van der Waals surface area contributed by atoms with Crippen molar-refractivity contribution in [3.05, 3.63) is 82.5 Å². The number of nitrogens with one attached hydrogen (secondary N) is 2. The lowest BCUT2D eigenvalue weighted by molar-refractivity contribution is 0.628. The number of anilines is 2. The monoisotopic (exact) mass is 346 g/mol. The smallest absolute Gasteiger partial charge is 0.262 e. The number of nitrogens with zero attached hydrogens (tertiary/aromatic N) is 2. The van der Waals surface area contributed by atoms with Gasteiger partial charge >= 0.3 is 0 Å². The standard InChI is InChI=1S/C20H15FN4O/c1-12-4-2-3-5-16(12)23-20-24-18-17(19(26)25-20)15(10-11-22-18)13-6-8-14(21)9-7-13/h2-11H,1H3,(H2,22,23,24,25,26). The van der Waals surface area contributed by atoms with E-state index in [2.05, 4.69) is 20.3 Å². The maximum Gasteiger partial charge on any atom is 0.262 e. The summed E-state index contributed by atoms with van der Waals surface area (Å²) < 4.78 is 13.2. The van der Waals surface area contributed by atoms with Gasteiger partial charge in [0.05, 0.1) is 5.39 Å². The number of aryl methyl sites for hydroxylation is 1. The number of pyridine rings is 1. The van der Waals surface area contributed by atoms with Gasteiger partial charge in [-0.3, -0.25) is 9.78 Å². The molecule has 0 aliphatic rings. The van der Waals surface area contributed by atoms with E-state index in [-0.39, 0.29) is 11.4 Å². The molecule has 5 nitrogen and oxygen atoms in total. The molecule has 0 aliphatic carbocycles. The van der Waals surface area contributed by atoms with Crippen LogP contribution < -0.4 is 10.9 Å². The van der Waals surface area contributed by atoms with Gasteiger partial charge in [0.1, 0.15) is 5.82 Å². The van der Waals surface area contributed by atoms with Gasteiger partial charge in [0.2, 0.25) is 5.95 Å². The number of benzene rings is 2. The Morgan fingerprint density at radius 3 is 2.58 bits per heavy atom. The zero-order chi connectivity index (χ0) is 18.1. The first-order valence-corrected chi connectivity index (χ1v) is 8.09. The fourth-order valence-electron chi connectivity index (χ4n) is 2.83. The van der Waals surface area contributed by atoms with Gasteiger partial charge in [0.25, 0.3) is 5.56 Å². The lowest BCUT2D eigenvalue weighted by Gasteiger charge is -2.10. The van der Waals surface area contributed by atoms with Crippen molar-refractivity contribution < 1.29 is 4.39 Å². The molecule has 6 heteroatoms. The van der Waals surface area contributed by atoms with Crippen molar-refractivity contribution in [1.82, 2.24) is 15.0 Å². The van der Waals surface area contributed by atoms with Crippen LogP contribution in [0.3, 0.4) is 0 Å². The molecule has 2 aromatic carbocycles. The van der Waals surface area contributed by atoms with E-state index in [1.165, 1.54) is 12.1 Å². The molecule has 0 saturated heterocycles. The Morgan fingerprint density at radius 1 is 1.04 bits per heavy atom. The summed E-state index contributed by atoms with van der Waals surface area (Å²) in [6.07, 6.45) is 1.59. The number of hydrogen-bond acceptors (Lipinski definition) is 4. The number of H-pyrrole nitrogens is 1. The van der Waals surface area contributed by atoms with Gasteiger partial charge in [0.15, 0.2) is 5.65 Å². The second-order valence-corrected chi connectivity index (χ2v) is 5.92. The third-order valence-electron chi connectivity index (χ3n) is 4.16.